The minimum absolute atomic E-state index is 0.103. The van der Waals surface area contributed by atoms with Crippen molar-refractivity contribution in [1.82, 2.24) is 5.32 Å². The molecule has 0 saturated carbocycles. The maximum atomic E-state index is 11.9. The summed E-state index contributed by atoms with van der Waals surface area (Å²) in [7, 11) is -3.66. The molecule has 0 unspecified atom stereocenters. The monoisotopic (exact) mass is 330 g/mol. The molecule has 8 heteroatoms. The summed E-state index contributed by atoms with van der Waals surface area (Å²) in [5.41, 5.74) is 0. The first kappa shape index (κ1) is 15.2. The Morgan fingerprint density at radius 1 is 1.20 bits per heavy atom. The highest BCUT2D eigenvalue weighted by Crippen LogP contribution is 2.21. The zero-order valence-electron chi connectivity index (χ0n) is 10.8. The lowest BCUT2D eigenvalue weighted by atomic mass is 10.3. The molecule has 20 heavy (non-hydrogen) atoms. The average molecular weight is 330 g/mol. The van der Waals surface area contributed by atoms with Crippen molar-refractivity contribution in [3.63, 3.8) is 0 Å². The van der Waals surface area contributed by atoms with Gasteiger partial charge in [0, 0.05) is 9.75 Å². The topological polar surface area (TPSA) is 89.3 Å². The first-order valence-electron chi connectivity index (χ1n) is 5.88. The van der Waals surface area contributed by atoms with Gasteiger partial charge in [0.1, 0.15) is 4.21 Å². The lowest BCUT2D eigenvalue weighted by Gasteiger charge is -2.00. The number of carbonyl (C=O) groups is 1. The summed E-state index contributed by atoms with van der Waals surface area (Å²) in [5.74, 6) is -0.153. The molecule has 0 aliphatic heterocycles. The highest BCUT2D eigenvalue weighted by atomic mass is 32.2. The van der Waals surface area contributed by atoms with Crippen LogP contribution in [-0.2, 0) is 23.0 Å². The number of nitrogens with two attached hydrogens (primary N) is 1. The Morgan fingerprint density at radius 2 is 1.90 bits per heavy atom. The minimum atomic E-state index is -3.66. The highest BCUT2D eigenvalue weighted by Gasteiger charge is 2.12. The first-order valence-corrected chi connectivity index (χ1v) is 9.06. The summed E-state index contributed by atoms with van der Waals surface area (Å²) >= 11 is 2.52. The van der Waals surface area contributed by atoms with E-state index in [4.69, 9.17) is 5.14 Å². The largest absolute Gasteiger partial charge is 0.346 e. The number of sulfonamides is 1. The number of hydrogen-bond acceptors (Lipinski definition) is 5. The Morgan fingerprint density at radius 3 is 2.45 bits per heavy atom. The fourth-order valence-corrected chi connectivity index (χ4v) is 4.13. The van der Waals surface area contributed by atoms with E-state index in [2.05, 4.69) is 5.32 Å². The Kier molecular flexibility index (Phi) is 4.59. The van der Waals surface area contributed by atoms with Crippen molar-refractivity contribution in [2.45, 2.75) is 24.1 Å². The molecule has 0 bridgehead atoms. The van der Waals surface area contributed by atoms with Crippen molar-refractivity contribution < 1.29 is 13.2 Å². The van der Waals surface area contributed by atoms with Crippen molar-refractivity contribution in [1.29, 1.82) is 0 Å². The van der Waals surface area contributed by atoms with Crippen molar-refractivity contribution in [3.8, 4) is 0 Å². The molecule has 1 amide bonds. The van der Waals surface area contributed by atoms with Crippen LogP contribution in [0.5, 0.6) is 0 Å². The summed E-state index contributed by atoms with van der Waals surface area (Å²) in [4.78, 5) is 14.5. The molecule has 0 radical (unpaired) electrons. The van der Waals surface area contributed by atoms with Crippen LogP contribution in [0.25, 0.3) is 0 Å². The average Bonchev–Trinajstić information content (AvgIpc) is 3.04. The van der Waals surface area contributed by atoms with Crippen LogP contribution in [0, 0.1) is 0 Å². The molecular weight excluding hydrogens is 316 g/mol. The van der Waals surface area contributed by atoms with Gasteiger partial charge >= 0.3 is 0 Å². The summed E-state index contributed by atoms with van der Waals surface area (Å²) in [6.07, 6.45) is 0.903. The second kappa shape index (κ2) is 6.04. The number of hydrogen-bond donors (Lipinski definition) is 2. The molecule has 2 aromatic rings. The van der Waals surface area contributed by atoms with Gasteiger partial charge in [-0.3, -0.25) is 4.79 Å². The van der Waals surface area contributed by atoms with Crippen molar-refractivity contribution in [2.24, 2.45) is 5.14 Å². The van der Waals surface area contributed by atoms with Crippen LogP contribution in [0.2, 0.25) is 0 Å². The lowest BCUT2D eigenvalue weighted by molar-refractivity contribution is 0.0955. The van der Waals surface area contributed by atoms with Gasteiger partial charge in [-0.25, -0.2) is 13.6 Å². The zero-order valence-corrected chi connectivity index (χ0v) is 13.2. The third kappa shape index (κ3) is 3.66. The third-order valence-corrected chi connectivity index (χ3v) is 6.33. The van der Waals surface area contributed by atoms with E-state index >= 15 is 0 Å². The number of rotatable bonds is 5. The van der Waals surface area contributed by atoms with E-state index in [0.29, 0.717) is 11.4 Å². The van der Waals surface area contributed by atoms with E-state index in [1.165, 1.54) is 17.4 Å². The van der Waals surface area contributed by atoms with Gasteiger partial charge in [0.05, 0.1) is 11.4 Å². The van der Waals surface area contributed by atoms with Gasteiger partial charge in [0.15, 0.2) is 0 Å². The van der Waals surface area contributed by atoms with E-state index in [0.717, 1.165) is 27.5 Å². The summed E-state index contributed by atoms with van der Waals surface area (Å²) < 4.78 is 22.4. The molecule has 0 spiro atoms. The summed E-state index contributed by atoms with van der Waals surface area (Å²) in [6, 6.07) is 6.82. The van der Waals surface area contributed by atoms with Gasteiger partial charge in [0.2, 0.25) is 10.0 Å². The molecule has 5 nitrogen and oxygen atoms in total. The van der Waals surface area contributed by atoms with Crippen LogP contribution >= 0.6 is 22.7 Å². The van der Waals surface area contributed by atoms with Crippen LogP contribution in [-0.4, -0.2) is 14.3 Å². The number of thiophene rings is 2. The fourth-order valence-electron chi connectivity index (χ4n) is 1.55. The zero-order chi connectivity index (χ0) is 14.8. The molecule has 0 aromatic carbocycles. The Bertz CT molecular complexity index is 716. The highest BCUT2D eigenvalue weighted by molar-refractivity contribution is 7.91. The molecule has 0 aliphatic rings. The maximum Gasteiger partial charge on any atom is 0.261 e. The molecule has 3 N–H and O–H groups in total. The normalized spacial score (nSPS) is 11.5. The van der Waals surface area contributed by atoms with Gasteiger partial charge < -0.3 is 5.32 Å². The van der Waals surface area contributed by atoms with Gasteiger partial charge in [-0.05, 0) is 30.7 Å². The van der Waals surface area contributed by atoms with E-state index in [-0.39, 0.29) is 10.1 Å². The maximum absolute atomic E-state index is 11.9. The Labute approximate surface area is 125 Å². The number of primary sulfonamides is 1. The van der Waals surface area contributed by atoms with Gasteiger partial charge in [-0.2, -0.15) is 0 Å². The number of amides is 1. The minimum Gasteiger partial charge on any atom is -0.346 e. The van der Waals surface area contributed by atoms with Crippen LogP contribution < -0.4 is 10.5 Å². The van der Waals surface area contributed by atoms with Crippen molar-refractivity contribution in [3.05, 3.63) is 38.9 Å². The Hall–Kier alpha value is -1.22. The van der Waals surface area contributed by atoms with Gasteiger partial charge in [-0.1, -0.05) is 6.92 Å². The molecule has 0 saturated heterocycles. The lowest BCUT2D eigenvalue weighted by Crippen LogP contribution is -2.21. The van der Waals surface area contributed by atoms with E-state index in [1.807, 2.05) is 13.0 Å². The fraction of sp³-hybridized carbons (Fsp3) is 0.250. The SMILES string of the molecule is CCc1ccc(C(=O)NCc2ccc(S(N)(=O)=O)s2)s1. The quantitative estimate of drug-likeness (QED) is 0.878. The predicted molar refractivity (Wildman–Crippen MR) is 80.6 cm³/mol. The van der Waals surface area contributed by atoms with Crippen LogP contribution in [0.4, 0.5) is 0 Å². The molecule has 2 rings (SSSR count). The van der Waals surface area contributed by atoms with Crippen LogP contribution in [0.1, 0.15) is 26.3 Å². The van der Waals surface area contributed by atoms with E-state index in [1.54, 1.807) is 12.1 Å². The van der Waals surface area contributed by atoms with Crippen molar-refractivity contribution >= 4 is 38.6 Å². The molecule has 0 atom stereocenters. The molecule has 0 aliphatic carbocycles. The smallest absolute Gasteiger partial charge is 0.261 e. The number of aryl methyl sites for hydroxylation is 1. The molecular formula is C12H14N2O3S3. The molecule has 108 valence electrons. The Balaban J connectivity index is 1.98. The third-order valence-electron chi connectivity index (χ3n) is 2.57. The number of nitrogens with one attached hydrogen (secondary N) is 1. The predicted octanol–water partition coefficient (Wildman–Crippen LogP) is 1.95. The van der Waals surface area contributed by atoms with Crippen molar-refractivity contribution in [2.75, 3.05) is 0 Å². The second-order valence-corrected chi connectivity index (χ2v) is 8.19. The molecule has 0 fully saturated rings. The van der Waals surface area contributed by atoms with E-state index < -0.39 is 10.0 Å². The van der Waals surface area contributed by atoms with Crippen LogP contribution in [0.15, 0.2) is 28.5 Å². The molecule has 2 aromatic heterocycles. The van der Waals surface area contributed by atoms with Gasteiger partial charge in [-0.15, -0.1) is 22.7 Å². The summed E-state index contributed by atoms with van der Waals surface area (Å²) in [6.45, 7) is 2.33. The van der Waals surface area contributed by atoms with Crippen LogP contribution in [0.3, 0.4) is 0 Å². The first-order chi connectivity index (χ1) is 9.40. The molecule has 2 heterocycles. The van der Waals surface area contributed by atoms with Gasteiger partial charge in [0.25, 0.3) is 5.91 Å². The van der Waals surface area contributed by atoms with E-state index in [9.17, 15) is 13.2 Å². The number of carbonyl (C=O) groups excluding carboxylic acids is 1. The summed E-state index contributed by atoms with van der Waals surface area (Å²) in [5, 5.41) is 7.80. The second-order valence-electron chi connectivity index (χ2n) is 4.07. The standard InChI is InChI=1S/C12H14N2O3S3/c1-2-8-3-5-10(18-8)12(15)14-7-9-4-6-11(19-9)20(13,16)17/h3-6H,2,7H2,1H3,(H,14,15)(H2,13,16,17).